The predicted octanol–water partition coefficient (Wildman–Crippen LogP) is 5.05. The average molecular weight is 473 g/mol. The van der Waals surface area contributed by atoms with Crippen LogP contribution in [-0.2, 0) is 14.3 Å². The predicted molar refractivity (Wildman–Crippen MR) is 123 cm³/mol. The highest BCUT2D eigenvalue weighted by Crippen LogP contribution is 2.40. The van der Waals surface area contributed by atoms with E-state index in [0.29, 0.717) is 10.6 Å². The minimum Gasteiger partial charge on any atom is -0.462 e. The smallest absolute Gasteiger partial charge is 0.341 e. The molecule has 0 atom stereocenters. The van der Waals surface area contributed by atoms with E-state index in [1.165, 1.54) is 29.7 Å². The number of carbonyl (C=O) groups excluding carboxylic acids is 3. The first-order valence-electron chi connectivity index (χ1n) is 9.76. The molecule has 3 aromatic rings. The lowest BCUT2D eigenvalue weighted by atomic mass is 10.0. The Morgan fingerprint density at radius 3 is 2.44 bits per heavy atom. The second kappa shape index (κ2) is 10.4. The van der Waals surface area contributed by atoms with Crippen molar-refractivity contribution in [2.45, 2.75) is 20.8 Å². The number of pyridine rings is 1. The van der Waals surface area contributed by atoms with Crippen molar-refractivity contribution in [3.8, 4) is 11.1 Å². The van der Waals surface area contributed by atoms with E-state index in [2.05, 4.69) is 10.3 Å². The Labute approximate surface area is 194 Å². The molecule has 2 heterocycles. The van der Waals surface area contributed by atoms with E-state index in [0.717, 1.165) is 16.0 Å². The van der Waals surface area contributed by atoms with E-state index in [4.69, 9.17) is 21.1 Å². The number of rotatable bonds is 7. The van der Waals surface area contributed by atoms with Crippen LogP contribution in [0.3, 0.4) is 0 Å². The molecular formula is C23H21ClN2O5S. The molecule has 0 aliphatic rings. The first-order chi connectivity index (χ1) is 15.3. The van der Waals surface area contributed by atoms with Crippen molar-refractivity contribution in [2.75, 3.05) is 18.5 Å². The number of hydrogen-bond acceptors (Lipinski definition) is 7. The Morgan fingerprint density at radius 2 is 1.78 bits per heavy atom. The van der Waals surface area contributed by atoms with Crippen LogP contribution in [0.1, 0.15) is 38.1 Å². The number of halogens is 1. The number of amides is 1. The number of anilines is 1. The summed E-state index contributed by atoms with van der Waals surface area (Å²) in [7, 11) is 0. The molecule has 32 heavy (non-hydrogen) atoms. The van der Waals surface area contributed by atoms with Crippen molar-refractivity contribution >= 4 is 45.8 Å². The summed E-state index contributed by atoms with van der Waals surface area (Å²) in [6.07, 6.45) is 1.44. The quantitative estimate of drug-likeness (QED) is 0.382. The molecule has 0 saturated heterocycles. The van der Waals surface area contributed by atoms with Gasteiger partial charge in [0.2, 0.25) is 0 Å². The maximum Gasteiger partial charge on any atom is 0.341 e. The summed E-state index contributed by atoms with van der Waals surface area (Å²) in [5.74, 6) is -1.91. The molecule has 1 amide bonds. The normalized spacial score (nSPS) is 10.5. The fourth-order valence-corrected chi connectivity index (χ4v) is 4.29. The van der Waals surface area contributed by atoms with Crippen molar-refractivity contribution < 1.29 is 23.9 Å². The maximum absolute atomic E-state index is 12.7. The topological polar surface area (TPSA) is 94.6 Å². The fraction of sp³-hybridized carbons (Fsp3) is 0.217. The highest BCUT2D eigenvalue weighted by Gasteiger charge is 2.26. The summed E-state index contributed by atoms with van der Waals surface area (Å²) < 4.78 is 10.3. The van der Waals surface area contributed by atoms with Gasteiger partial charge in [-0.05, 0) is 38.5 Å². The number of nitrogens with zero attached hydrogens (tertiary/aromatic N) is 1. The van der Waals surface area contributed by atoms with Gasteiger partial charge in [0.05, 0.1) is 12.2 Å². The molecule has 1 N–H and O–H groups in total. The van der Waals surface area contributed by atoms with Gasteiger partial charge in [0.15, 0.2) is 6.61 Å². The number of nitrogens with one attached hydrogen (secondary N) is 1. The molecule has 7 nitrogen and oxygen atoms in total. The van der Waals surface area contributed by atoms with Crippen LogP contribution in [0.2, 0.25) is 5.15 Å². The van der Waals surface area contributed by atoms with Gasteiger partial charge >= 0.3 is 11.9 Å². The molecule has 0 saturated carbocycles. The zero-order chi connectivity index (χ0) is 23.3. The molecule has 1 aromatic carbocycles. The molecular weight excluding hydrogens is 452 g/mol. The number of esters is 2. The van der Waals surface area contributed by atoms with Crippen molar-refractivity contribution in [1.29, 1.82) is 0 Å². The zero-order valence-corrected chi connectivity index (χ0v) is 19.3. The monoisotopic (exact) mass is 472 g/mol. The van der Waals surface area contributed by atoms with E-state index in [9.17, 15) is 14.4 Å². The van der Waals surface area contributed by atoms with Crippen LogP contribution in [0.5, 0.6) is 0 Å². The number of aryl methyl sites for hydroxylation is 2. The van der Waals surface area contributed by atoms with Gasteiger partial charge < -0.3 is 14.8 Å². The van der Waals surface area contributed by atoms with E-state index >= 15 is 0 Å². The molecule has 0 fully saturated rings. The summed E-state index contributed by atoms with van der Waals surface area (Å²) in [6.45, 7) is 5.19. The molecule has 166 valence electrons. The van der Waals surface area contributed by atoms with Crippen molar-refractivity contribution in [1.82, 2.24) is 4.98 Å². The SMILES string of the molecule is CCOC(=O)c1c(NC(=O)COC(=O)c2cccnc2Cl)sc(C)c1-c1ccc(C)cc1. The van der Waals surface area contributed by atoms with Gasteiger partial charge in [0, 0.05) is 16.6 Å². The van der Waals surface area contributed by atoms with Gasteiger partial charge in [-0.15, -0.1) is 11.3 Å². The Balaban J connectivity index is 1.82. The summed E-state index contributed by atoms with van der Waals surface area (Å²) in [5.41, 5.74) is 2.95. The van der Waals surface area contributed by atoms with Crippen LogP contribution < -0.4 is 5.32 Å². The van der Waals surface area contributed by atoms with Crippen LogP contribution in [0.4, 0.5) is 5.00 Å². The van der Waals surface area contributed by atoms with Gasteiger partial charge in [-0.3, -0.25) is 4.79 Å². The number of aromatic nitrogens is 1. The second-order valence-electron chi connectivity index (χ2n) is 6.79. The van der Waals surface area contributed by atoms with Gasteiger partial charge in [-0.25, -0.2) is 14.6 Å². The lowest BCUT2D eigenvalue weighted by Crippen LogP contribution is -2.22. The first-order valence-corrected chi connectivity index (χ1v) is 11.0. The molecule has 2 aromatic heterocycles. The molecule has 0 aliphatic heterocycles. The molecule has 0 spiro atoms. The number of benzene rings is 1. The van der Waals surface area contributed by atoms with Gasteiger partial charge in [0.1, 0.15) is 15.7 Å². The third-order valence-corrected chi connectivity index (χ3v) is 5.79. The van der Waals surface area contributed by atoms with Gasteiger partial charge in [-0.2, -0.15) is 0 Å². The Bertz CT molecular complexity index is 1160. The third-order valence-electron chi connectivity index (χ3n) is 4.47. The van der Waals surface area contributed by atoms with Crippen LogP contribution >= 0.6 is 22.9 Å². The summed E-state index contributed by atoms with van der Waals surface area (Å²) in [4.78, 5) is 42.0. The summed E-state index contributed by atoms with van der Waals surface area (Å²) >= 11 is 7.13. The summed E-state index contributed by atoms with van der Waals surface area (Å²) in [6, 6.07) is 10.7. The van der Waals surface area contributed by atoms with Crippen LogP contribution in [-0.4, -0.2) is 36.0 Å². The lowest BCUT2D eigenvalue weighted by Gasteiger charge is -2.10. The highest BCUT2D eigenvalue weighted by atomic mass is 35.5. The molecule has 0 unspecified atom stereocenters. The molecule has 0 aliphatic carbocycles. The summed E-state index contributed by atoms with van der Waals surface area (Å²) in [5, 5.41) is 2.98. The Hall–Kier alpha value is -3.23. The fourth-order valence-electron chi connectivity index (χ4n) is 3.01. The number of hydrogen-bond donors (Lipinski definition) is 1. The average Bonchev–Trinajstić information content (AvgIpc) is 3.08. The third kappa shape index (κ3) is 5.33. The minimum absolute atomic E-state index is 0.0147. The van der Waals surface area contributed by atoms with Crippen molar-refractivity contribution in [2.24, 2.45) is 0 Å². The number of carbonyl (C=O) groups is 3. The number of ether oxygens (including phenoxy) is 2. The van der Waals surface area contributed by atoms with Crippen molar-refractivity contribution in [3.63, 3.8) is 0 Å². The van der Waals surface area contributed by atoms with E-state index in [1.807, 2.05) is 38.1 Å². The van der Waals surface area contributed by atoms with Gasteiger partial charge in [-0.1, -0.05) is 41.4 Å². The van der Waals surface area contributed by atoms with Crippen molar-refractivity contribution in [3.05, 3.63) is 69.3 Å². The minimum atomic E-state index is -0.772. The molecule has 3 rings (SSSR count). The van der Waals surface area contributed by atoms with E-state index in [-0.39, 0.29) is 22.9 Å². The molecule has 0 bridgehead atoms. The first kappa shape index (κ1) is 23.4. The van der Waals surface area contributed by atoms with Crippen LogP contribution in [0.15, 0.2) is 42.6 Å². The highest BCUT2D eigenvalue weighted by molar-refractivity contribution is 7.17. The number of thiophene rings is 1. The largest absolute Gasteiger partial charge is 0.462 e. The molecule has 9 heteroatoms. The zero-order valence-electron chi connectivity index (χ0n) is 17.7. The van der Waals surface area contributed by atoms with E-state index in [1.54, 1.807) is 6.92 Å². The second-order valence-corrected chi connectivity index (χ2v) is 8.37. The van der Waals surface area contributed by atoms with Crippen LogP contribution in [0.25, 0.3) is 11.1 Å². The standard InChI is InChI=1S/C23H21ClN2O5S/c1-4-30-23(29)19-18(15-9-7-13(2)8-10-15)14(3)32-21(19)26-17(27)12-31-22(28)16-6-5-11-25-20(16)24/h5-11H,4,12H2,1-3H3,(H,26,27). The Morgan fingerprint density at radius 1 is 1.06 bits per heavy atom. The Kier molecular flexibility index (Phi) is 7.61. The lowest BCUT2D eigenvalue weighted by molar-refractivity contribution is -0.119. The maximum atomic E-state index is 12.7. The molecule has 0 radical (unpaired) electrons. The van der Waals surface area contributed by atoms with E-state index < -0.39 is 24.5 Å². The van der Waals surface area contributed by atoms with Crippen LogP contribution in [0, 0.1) is 13.8 Å². The van der Waals surface area contributed by atoms with Gasteiger partial charge in [0.25, 0.3) is 5.91 Å².